The first-order chi connectivity index (χ1) is 11.6. The van der Waals surface area contributed by atoms with E-state index in [1.165, 1.54) is 0 Å². The Labute approximate surface area is 179 Å². The van der Waals surface area contributed by atoms with Crippen LogP contribution in [0.25, 0.3) is 33.2 Å². The van der Waals surface area contributed by atoms with E-state index in [2.05, 4.69) is 30.5 Å². The number of phenolic OH excluding ortho intramolecular Hbond substituents is 1. The topological polar surface area (TPSA) is 33.4 Å². The van der Waals surface area contributed by atoms with E-state index in [4.69, 9.17) is 4.42 Å². The molecule has 0 amide bonds. The van der Waals surface area contributed by atoms with Crippen LogP contribution in [0.3, 0.4) is 0 Å². The van der Waals surface area contributed by atoms with E-state index in [1.807, 2.05) is 50.2 Å². The molecule has 4 aromatic rings. The first kappa shape index (κ1) is 20.4. The number of benzene rings is 3. The molecule has 129 valence electrons. The maximum Gasteiger partial charge on any atom is 0.121 e. The van der Waals surface area contributed by atoms with Gasteiger partial charge < -0.3 is 17.0 Å². The van der Waals surface area contributed by atoms with E-state index in [9.17, 15) is 5.11 Å². The fourth-order valence-electron chi connectivity index (χ4n) is 3.09. The summed E-state index contributed by atoms with van der Waals surface area (Å²) in [6.07, 6.45) is 3.01. The largest absolute Gasteiger partial charge is 0.557 e. The molecule has 1 radical (unpaired) electrons. The second kappa shape index (κ2) is 8.20. The summed E-state index contributed by atoms with van der Waals surface area (Å²) in [5.41, 5.74) is 6.92. The van der Waals surface area contributed by atoms with E-state index < -0.39 is 0 Å². The number of aromatic hydroxyl groups is 1. The van der Waals surface area contributed by atoms with Crippen LogP contribution < -0.4 is 0 Å². The van der Waals surface area contributed by atoms with Gasteiger partial charge in [0.15, 0.2) is 0 Å². The van der Waals surface area contributed by atoms with Crippen LogP contribution >= 0.6 is 0 Å². The number of hydrogen-bond acceptors (Lipinski definition) is 2. The van der Waals surface area contributed by atoms with E-state index in [0.29, 0.717) is 5.75 Å². The number of furan rings is 1. The Morgan fingerprint density at radius 2 is 1.38 bits per heavy atom. The van der Waals surface area contributed by atoms with Gasteiger partial charge in [0.25, 0.3) is 0 Å². The van der Waals surface area contributed by atoms with Gasteiger partial charge in [-0.3, -0.25) is 0 Å². The third-order valence-electron chi connectivity index (χ3n) is 4.42. The average Bonchev–Trinajstić information content (AvgIpc) is 3.03. The zero-order valence-corrected chi connectivity index (χ0v) is 18.0. The van der Waals surface area contributed by atoms with Crippen molar-refractivity contribution in [2.45, 2.75) is 13.8 Å². The standard InChI is InChI=1S/C22H17O2.CH3.Y/c1-14-11-18(12-15(2)22(14)23)16-7-9-17(10-8-16)20-13-24-21-6-4-3-5-19(20)21;;/h3-12,23H,1-2H3;1H3;/q2*-1;. The number of phenols is 1. The van der Waals surface area contributed by atoms with Crippen molar-refractivity contribution in [3.05, 3.63) is 85.5 Å². The second-order valence-corrected chi connectivity index (χ2v) is 6.11. The van der Waals surface area contributed by atoms with Crippen LogP contribution in [0, 0.1) is 27.5 Å². The second-order valence-electron chi connectivity index (χ2n) is 6.11. The summed E-state index contributed by atoms with van der Waals surface area (Å²) in [6, 6.07) is 20.3. The minimum absolute atomic E-state index is 0. The first-order valence-corrected chi connectivity index (χ1v) is 7.94. The molecule has 4 rings (SSSR count). The predicted octanol–water partition coefficient (Wildman–Crippen LogP) is 6.34. The molecule has 3 aromatic carbocycles. The van der Waals surface area contributed by atoms with Gasteiger partial charge >= 0.3 is 0 Å². The molecule has 0 unspecified atom stereocenters. The summed E-state index contributed by atoms with van der Waals surface area (Å²) in [7, 11) is 0. The monoisotopic (exact) mass is 417 g/mol. The quantitative estimate of drug-likeness (QED) is 0.386. The van der Waals surface area contributed by atoms with Crippen LogP contribution in [-0.4, -0.2) is 5.11 Å². The minimum atomic E-state index is 0. The molecule has 3 heteroatoms. The van der Waals surface area contributed by atoms with Gasteiger partial charge in [0.1, 0.15) is 5.75 Å². The number of rotatable bonds is 2. The smallest absolute Gasteiger partial charge is 0.121 e. The molecule has 0 aliphatic carbocycles. The van der Waals surface area contributed by atoms with Gasteiger partial charge in [-0.2, -0.15) is 0 Å². The molecule has 26 heavy (non-hydrogen) atoms. The third kappa shape index (κ3) is 3.63. The zero-order chi connectivity index (χ0) is 16.7. The van der Waals surface area contributed by atoms with Crippen molar-refractivity contribution in [1.29, 1.82) is 0 Å². The van der Waals surface area contributed by atoms with Crippen LogP contribution in [-0.2, 0) is 32.7 Å². The summed E-state index contributed by atoms with van der Waals surface area (Å²) in [5.74, 6) is 0.370. The fraction of sp³-hybridized carbons (Fsp3) is 0.0870. The molecule has 2 nitrogen and oxygen atoms in total. The summed E-state index contributed by atoms with van der Waals surface area (Å²) in [4.78, 5) is 0. The Bertz CT molecular complexity index is 1010. The Morgan fingerprint density at radius 1 is 0.808 bits per heavy atom. The first-order valence-electron chi connectivity index (χ1n) is 7.94. The van der Waals surface area contributed by atoms with Crippen LogP contribution in [0.1, 0.15) is 11.1 Å². The third-order valence-corrected chi connectivity index (χ3v) is 4.42. The molecule has 0 aliphatic rings. The molecule has 0 saturated carbocycles. The number of para-hydroxylation sites is 1. The number of aryl methyl sites for hydroxylation is 2. The van der Waals surface area contributed by atoms with Crippen LogP contribution in [0.4, 0.5) is 0 Å². The van der Waals surface area contributed by atoms with Gasteiger partial charge in [-0.1, -0.05) is 53.4 Å². The molecular formula is C23H20O2Y-2. The predicted molar refractivity (Wildman–Crippen MR) is 103 cm³/mol. The molecule has 0 aliphatic heterocycles. The summed E-state index contributed by atoms with van der Waals surface area (Å²) in [5, 5.41) is 11.0. The summed E-state index contributed by atoms with van der Waals surface area (Å²) >= 11 is 0. The van der Waals surface area contributed by atoms with E-state index in [-0.39, 0.29) is 40.1 Å². The van der Waals surface area contributed by atoms with Gasteiger partial charge in [0.2, 0.25) is 0 Å². The van der Waals surface area contributed by atoms with E-state index >= 15 is 0 Å². The van der Waals surface area contributed by atoms with Gasteiger partial charge in [-0.25, -0.2) is 0 Å². The normalized spacial score (nSPS) is 10.2. The minimum Gasteiger partial charge on any atom is -0.557 e. The molecular weight excluding hydrogens is 397 g/mol. The maximum atomic E-state index is 9.93. The molecule has 0 atom stereocenters. The maximum absolute atomic E-state index is 9.93. The van der Waals surface area contributed by atoms with Gasteiger partial charge in [-0.05, 0) is 48.2 Å². The SMILES string of the molecule is Cc1cc(-c2ccc(-c3[c-]oc4ccccc34)cc2)cc(C)c1O.[CH3-].[Y]. The van der Waals surface area contributed by atoms with Gasteiger partial charge in [-0.15, -0.1) is 11.6 Å². The van der Waals surface area contributed by atoms with Gasteiger partial charge in [0.05, 0.1) is 0 Å². The Balaban J connectivity index is 0.00000121. The molecule has 0 fully saturated rings. The molecule has 1 heterocycles. The zero-order valence-electron chi connectivity index (χ0n) is 15.2. The summed E-state index contributed by atoms with van der Waals surface area (Å²) < 4.78 is 5.51. The Morgan fingerprint density at radius 3 is 2.04 bits per heavy atom. The Hall–Kier alpha value is -1.90. The van der Waals surface area contributed by atoms with Crippen molar-refractivity contribution < 1.29 is 42.2 Å². The molecule has 1 N–H and O–H groups in total. The van der Waals surface area contributed by atoms with E-state index in [1.54, 1.807) is 0 Å². The number of hydrogen-bond donors (Lipinski definition) is 1. The Kier molecular flexibility index (Phi) is 6.44. The van der Waals surface area contributed by atoms with Crippen molar-refractivity contribution in [2.24, 2.45) is 0 Å². The van der Waals surface area contributed by atoms with Gasteiger partial charge in [0, 0.05) is 44.6 Å². The molecule has 1 aromatic heterocycles. The van der Waals surface area contributed by atoms with Crippen molar-refractivity contribution >= 4 is 11.0 Å². The van der Waals surface area contributed by atoms with Crippen LogP contribution in [0.15, 0.2) is 65.1 Å². The van der Waals surface area contributed by atoms with Crippen molar-refractivity contribution in [2.75, 3.05) is 0 Å². The average molecular weight is 417 g/mol. The number of fused-ring (bicyclic) bond motifs is 1. The fourth-order valence-corrected chi connectivity index (χ4v) is 3.09. The molecule has 0 saturated heterocycles. The van der Waals surface area contributed by atoms with Crippen LogP contribution in [0.2, 0.25) is 0 Å². The van der Waals surface area contributed by atoms with Crippen molar-refractivity contribution in [3.63, 3.8) is 0 Å². The van der Waals surface area contributed by atoms with Crippen molar-refractivity contribution in [3.8, 4) is 28.0 Å². The van der Waals surface area contributed by atoms with E-state index in [0.717, 1.165) is 44.3 Å². The van der Waals surface area contributed by atoms with Crippen molar-refractivity contribution in [1.82, 2.24) is 0 Å². The summed E-state index contributed by atoms with van der Waals surface area (Å²) in [6.45, 7) is 3.85. The molecule has 0 spiro atoms. The molecule has 0 bridgehead atoms. The van der Waals surface area contributed by atoms with Crippen LogP contribution in [0.5, 0.6) is 5.75 Å².